The molecule has 0 heterocycles. The zero-order valence-corrected chi connectivity index (χ0v) is 41.0. The van der Waals surface area contributed by atoms with Crippen molar-refractivity contribution in [1.29, 1.82) is 0 Å². The maximum absolute atomic E-state index is 12.0. The van der Waals surface area contributed by atoms with Gasteiger partial charge in [-0.3, -0.25) is 0 Å². The molecule has 12 nitrogen and oxygen atoms in total. The number of esters is 4. The molecule has 0 bridgehead atoms. The van der Waals surface area contributed by atoms with E-state index >= 15 is 0 Å². The second-order valence-electron chi connectivity index (χ2n) is 17.6. The van der Waals surface area contributed by atoms with E-state index in [2.05, 4.69) is 94.8 Å². The zero-order chi connectivity index (χ0) is 50.6. The van der Waals surface area contributed by atoms with Crippen molar-refractivity contribution in [3.63, 3.8) is 0 Å². The highest BCUT2D eigenvalue weighted by Crippen LogP contribution is 2.48. The quantitative estimate of drug-likeness (QED) is 0.0327. The summed E-state index contributed by atoms with van der Waals surface area (Å²) in [6.45, 7) is 18.8. The van der Waals surface area contributed by atoms with E-state index in [-0.39, 0.29) is 58.8 Å². The minimum Gasteiger partial charge on any atom is -0.494 e. The lowest BCUT2D eigenvalue weighted by Crippen LogP contribution is -2.30. The van der Waals surface area contributed by atoms with Crippen LogP contribution in [0.25, 0.3) is 11.1 Å². The topological polar surface area (TPSA) is 142 Å². The molecule has 3 atom stereocenters. The van der Waals surface area contributed by atoms with E-state index in [4.69, 9.17) is 37.9 Å². The lowest BCUT2D eigenvalue weighted by molar-refractivity contribution is -0.140. The second kappa shape index (κ2) is 26.7. The summed E-state index contributed by atoms with van der Waals surface area (Å²) in [7, 11) is 0. The lowest BCUT2D eigenvalue weighted by Gasteiger charge is -2.37. The first-order valence-corrected chi connectivity index (χ1v) is 24.3. The van der Waals surface area contributed by atoms with E-state index < -0.39 is 35.4 Å². The Hall–Kier alpha value is -7.18. The Balaban J connectivity index is 1.50. The molecule has 3 unspecified atom stereocenters. The van der Waals surface area contributed by atoms with Gasteiger partial charge < -0.3 is 37.9 Å². The Morgan fingerprint density at radius 2 is 1.18 bits per heavy atom. The molecule has 374 valence electrons. The van der Waals surface area contributed by atoms with Crippen molar-refractivity contribution >= 4 is 35.0 Å². The molecule has 0 spiro atoms. The van der Waals surface area contributed by atoms with Gasteiger partial charge in [-0.1, -0.05) is 125 Å². The molecule has 3 aromatic carbocycles. The average molecular weight is 967 g/mol. The molecule has 0 aromatic heterocycles. The Morgan fingerprint density at radius 3 is 1.79 bits per heavy atom. The van der Waals surface area contributed by atoms with Crippen molar-refractivity contribution in [2.45, 2.75) is 76.2 Å². The van der Waals surface area contributed by atoms with Gasteiger partial charge in [-0.05, 0) is 84.1 Å². The first kappa shape index (κ1) is 53.2. The summed E-state index contributed by atoms with van der Waals surface area (Å²) in [5.41, 5.74) is 6.72. The summed E-state index contributed by atoms with van der Waals surface area (Å²) in [5.74, 6) is 0.343. The van der Waals surface area contributed by atoms with Crippen LogP contribution in [-0.4, -0.2) is 82.8 Å². The third kappa shape index (κ3) is 14.4. The van der Waals surface area contributed by atoms with Crippen molar-refractivity contribution in [3.8, 4) is 11.5 Å². The SMILES string of the molecule is C=CC(=O)OCCOC1=C(c2cc(C(C)(C3=CCC(OCCOC(=O)C=C)C(c4ccccc4OCCOC(=O)C=C)=C3)c3ccc(C4CCCCC4)cc3)ccc2OCCOC(=O)C=C)C=CC(C)C1. The summed E-state index contributed by atoms with van der Waals surface area (Å²) in [6, 6.07) is 22.9. The predicted octanol–water partition coefficient (Wildman–Crippen LogP) is 10.8. The monoisotopic (exact) mass is 966 g/mol. The van der Waals surface area contributed by atoms with Crippen LogP contribution in [0.3, 0.4) is 0 Å². The summed E-state index contributed by atoms with van der Waals surface area (Å²) >= 11 is 0. The number of benzene rings is 3. The molecule has 12 heteroatoms. The lowest BCUT2D eigenvalue weighted by atomic mass is 9.67. The molecule has 0 amide bonds. The van der Waals surface area contributed by atoms with Crippen LogP contribution in [0.1, 0.15) is 92.5 Å². The highest BCUT2D eigenvalue weighted by Gasteiger charge is 2.37. The van der Waals surface area contributed by atoms with Gasteiger partial charge in [0.2, 0.25) is 0 Å². The minimum absolute atomic E-state index is 0.00654. The smallest absolute Gasteiger partial charge is 0.330 e. The molecule has 0 saturated heterocycles. The maximum Gasteiger partial charge on any atom is 0.330 e. The molecule has 1 saturated carbocycles. The predicted molar refractivity (Wildman–Crippen MR) is 273 cm³/mol. The van der Waals surface area contributed by atoms with Crippen LogP contribution in [0.15, 0.2) is 153 Å². The van der Waals surface area contributed by atoms with Gasteiger partial charge in [-0.2, -0.15) is 0 Å². The van der Waals surface area contributed by atoms with Crippen molar-refractivity contribution in [2.24, 2.45) is 5.92 Å². The van der Waals surface area contributed by atoms with Crippen LogP contribution in [0.5, 0.6) is 11.5 Å². The first-order valence-electron chi connectivity index (χ1n) is 24.3. The molecule has 3 aliphatic carbocycles. The van der Waals surface area contributed by atoms with Gasteiger partial charge in [-0.15, -0.1) is 0 Å². The van der Waals surface area contributed by atoms with Crippen molar-refractivity contribution in [1.82, 2.24) is 0 Å². The third-order valence-corrected chi connectivity index (χ3v) is 12.9. The minimum atomic E-state index is -0.797. The summed E-state index contributed by atoms with van der Waals surface area (Å²) in [6.07, 6.45) is 19.6. The number of hydrogen-bond acceptors (Lipinski definition) is 12. The van der Waals surface area contributed by atoms with E-state index in [0.717, 1.165) is 63.3 Å². The van der Waals surface area contributed by atoms with Gasteiger partial charge in [-0.25, -0.2) is 19.2 Å². The highest BCUT2D eigenvalue weighted by molar-refractivity contribution is 5.84. The van der Waals surface area contributed by atoms with E-state index in [1.54, 1.807) is 0 Å². The van der Waals surface area contributed by atoms with Gasteiger partial charge in [0.25, 0.3) is 0 Å². The first-order chi connectivity index (χ1) is 34.5. The van der Waals surface area contributed by atoms with Crippen LogP contribution >= 0.6 is 0 Å². The average Bonchev–Trinajstić information content (AvgIpc) is 3.41. The van der Waals surface area contributed by atoms with Gasteiger partial charge in [0.1, 0.15) is 63.5 Å². The number of carbonyl (C=O) groups excluding carboxylic acids is 4. The van der Waals surface area contributed by atoms with Gasteiger partial charge in [0.15, 0.2) is 0 Å². The fraction of sp³-hybridized carbons (Fsp3) is 0.356. The van der Waals surface area contributed by atoms with Gasteiger partial charge in [0, 0.05) is 52.8 Å². The molecule has 1 fully saturated rings. The Morgan fingerprint density at radius 1 is 0.634 bits per heavy atom. The van der Waals surface area contributed by atoms with Gasteiger partial charge >= 0.3 is 23.9 Å². The van der Waals surface area contributed by atoms with Crippen molar-refractivity contribution < 1.29 is 57.1 Å². The Labute approximate surface area is 418 Å². The summed E-state index contributed by atoms with van der Waals surface area (Å²) < 4.78 is 46.7. The molecule has 3 aromatic rings. The van der Waals surface area contributed by atoms with Crippen LogP contribution in [0, 0.1) is 5.92 Å². The summed E-state index contributed by atoms with van der Waals surface area (Å²) in [5, 5.41) is 0. The molecule has 0 aliphatic heterocycles. The standard InChI is InChI=1S/C59H66O12/c1-7-55(60)68-34-30-64-51-19-15-14-18-47(51)49-39-45(25-28-52(49)65-31-35-69-56(61)8-2)59(6,44-23-21-43(22-24-44)42-16-12-11-13-17-42)46-26-29-53(66-32-36-70-57(62)9-3)50(40-46)48-27-20-41(5)38-54(48)67-33-37-71-58(63)10-4/h7-10,14-15,18-27,29,39-42,52H,1-4,11-13,16-17,28,30-38H2,5-6H3. The normalized spacial score (nSPS) is 17.5. The fourth-order valence-corrected chi connectivity index (χ4v) is 9.13. The number of hydrogen-bond donors (Lipinski definition) is 0. The van der Waals surface area contributed by atoms with Crippen molar-refractivity contribution in [2.75, 3.05) is 52.9 Å². The van der Waals surface area contributed by atoms with Crippen molar-refractivity contribution in [3.05, 3.63) is 181 Å². The number of rotatable bonds is 26. The number of carbonyl (C=O) groups is 4. The molecule has 0 radical (unpaired) electrons. The Kier molecular flexibility index (Phi) is 20.0. The fourth-order valence-electron chi connectivity index (χ4n) is 9.13. The molecule has 3 aliphatic rings. The van der Waals surface area contributed by atoms with E-state index in [9.17, 15) is 19.2 Å². The molecule has 6 rings (SSSR count). The number of ether oxygens (including phenoxy) is 8. The van der Waals surface area contributed by atoms with Crippen LogP contribution in [-0.2, 0) is 53.0 Å². The van der Waals surface area contributed by atoms with Gasteiger partial charge in [0.05, 0.1) is 12.7 Å². The maximum atomic E-state index is 12.0. The van der Waals surface area contributed by atoms with E-state index in [1.807, 2.05) is 36.4 Å². The second-order valence-corrected chi connectivity index (χ2v) is 17.6. The number of allylic oxidation sites excluding steroid dienone is 6. The van der Waals surface area contributed by atoms with E-state index in [1.165, 1.54) is 37.7 Å². The van der Waals surface area contributed by atoms with Crippen LogP contribution in [0.4, 0.5) is 0 Å². The molecule has 71 heavy (non-hydrogen) atoms. The van der Waals surface area contributed by atoms with Crippen LogP contribution in [0.2, 0.25) is 0 Å². The Bertz CT molecular complexity index is 2520. The molecular weight excluding hydrogens is 901 g/mol. The molecular formula is C59H66O12. The molecule has 0 N–H and O–H groups in total. The largest absolute Gasteiger partial charge is 0.494 e. The zero-order valence-electron chi connectivity index (χ0n) is 41.0. The highest BCUT2D eigenvalue weighted by atomic mass is 16.6. The van der Waals surface area contributed by atoms with E-state index in [0.29, 0.717) is 36.0 Å². The third-order valence-electron chi connectivity index (χ3n) is 12.9. The summed E-state index contributed by atoms with van der Waals surface area (Å²) in [4.78, 5) is 47.7. The van der Waals surface area contributed by atoms with Crippen LogP contribution < -0.4 is 9.47 Å². The number of para-hydroxylation sites is 1.